The first-order valence-electron chi connectivity index (χ1n) is 7.29. The molecule has 3 aromatic rings. The Labute approximate surface area is 126 Å². The van der Waals surface area contributed by atoms with Gasteiger partial charge in [0.2, 0.25) is 0 Å². The highest BCUT2D eigenvalue weighted by Crippen LogP contribution is 2.32. The van der Waals surface area contributed by atoms with E-state index in [4.69, 9.17) is 9.72 Å². The Morgan fingerprint density at radius 1 is 0.952 bits per heavy atom. The van der Waals surface area contributed by atoms with Gasteiger partial charge in [-0.3, -0.25) is 0 Å². The minimum atomic E-state index is 0.845. The highest BCUT2D eigenvalue weighted by atomic mass is 16.5. The minimum Gasteiger partial charge on any atom is -0.497 e. The average Bonchev–Trinajstić information content (AvgIpc) is 2.53. The van der Waals surface area contributed by atoms with Gasteiger partial charge in [-0.1, -0.05) is 26.0 Å². The lowest BCUT2D eigenvalue weighted by Crippen LogP contribution is -1.95. The molecule has 110 valence electrons. The second-order valence-electron chi connectivity index (χ2n) is 4.64. The van der Waals surface area contributed by atoms with Crippen LogP contribution in [0.2, 0.25) is 0 Å². The van der Waals surface area contributed by atoms with Crippen LogP contribution in [0.5, 0.6) is 5.75 Å². The van der Waals surface area contributed by atoms with Gasteiger partial charge < -0.3 is 10.1 Å². The van der Waals surface area contributed by atoms with Gasteiger partial charge in [-0.25, -0.2) is 4.98 Å². The molecule has 0 unspecified atom stereocenters. The van der Waals surface area contributed by atoms with Crippen molar-refractivity contribution in [3.8, 4) is 5.75 Å². The lowest BCUT2D eigenvalue weighted by atomic mass is 10.1. The van der Waals surface area contributed by atoms with Crippen LogP contribution in [0.15, 0.2) is 36.4 Å². The molecule has 3 heteroatoms. The predicted molar refractivity (Wildman–Crippen MR) is 91.4 cm³/mol. The van der Waals surface area contributed by atoms with Gasteiger partial charge in [0.05, 0.1) is 23.8 Å². The van der Waals surface area contributed by atoms with E-state index in [2.05, 4.69) is 30.4 Å². The fourth-order valence-electron chi connectivity index (χ4n) is 2.43. The summed E-state index contributed by atoms with van der Waals surface area (Å²) in [6, 6.07) is 12.3. The van der Waals surface area contributed by atoms with E-state index in [0.717, 1.165) is 33.2 Å². The third-order valence-corrected chi connectivity index (χ3v) is 3.39. The fourth-order valence-corrected chi connectivity index (χ4v) is 2.43. The Balaban J connectivity index is 0.000000774. The quantitative estimate of drug-likeness (QED) is 0.687. The molecule has 3 rings (SSSR count). The summed E-state index contributed by atoms with van der Waals surface area (Å²) < 4.78 is 5.30. The summed E-state index contributed by atoms with van der Waals surface area (Å²) in [4.78, 5) is 4.73. The summed E-state index contributed by atoms with van der Waals surface area (Å²) >= 11 is 0. The van der Waals surface area contributed by atoms with Crippen molar-refractivity contribution < 1.29 is 4.74 Å². The molecule has 21 heavy (non-hydrogen) atoms. The molecule has 1 N–H and O–H groups in total. The van der Waals surface area contributed by atoms with Gasteiger partial charge in [0, 0.05) is 17.8 Å². The number of anilines is 1. The molecule has 2 aromatic carbocycles. The largest absolute Gasteiger partial charge is 0.497 e. The van der Waals surface area contributed by atoms with Crippen molar-refractivity contribution in [3.63, 3.8) is 0 Å². The number of nitrogens with one attached hydrogen (secondary N) is 1. The second-order valence-corrected chi connectivity index (χ2v) is 4.64. The molecular formula is C18H22N2O. The summed E-state index contributed by atoms with van der Waals surface area (Å²) in [7, 11) is 3.62. The zero-order valence-corrected chi connectivity index (χ0v) is 13.3. The van der Waals surface area contributed by atoms with Gasteiger partial charge in [0.15, 0.2) is 0 Å². The molecule has 0 radical (unpaired) electrons. The molecule has 3 nitrogen and oxygen atoms in total. The Bertz CT molecular complexity index is 766. The maximum absolute atomic E-state index is 5.30. The molecule has 0 atom stereocenters. The number of fused-ring (bicyclic) bond motifs is 2. The van der Waals surface area contributed by atoms with Crippen LogP contribution in [-0.2, 0) is 0 Å². The Hall–Kier alpha value is -2.29. The Kier molecular flexibility index (Phi) is 4.63. The summed E-state index contributed by atoms with van der Waals surface area (Å²) in [6.45, 7) is 6.08. The smallest absolute Gasteiger partial charge is 0.119 e. The first kappa shape index (κ1) is 15.1. The standard InChI is InChI=1S/C16H16N2O.C2H6/c1-10-4-6-12-15(8-10)18-14-7-5-11(19-3)9-13(14)16(12)17-2;1-2/h4-9H,1-3H3,(H,17,18);1-2H3. The van der Waals surface area contributed by atoms with Gasteiger partial charge in [-0.15, -0.1) is 0 Å². The Morgan fingerprint density at radius 2 is 1.71 bits per heavy atom. The number of aromatic nitrogens is 1. The molecule has 0 spiro atoms. The van der Waals surface area contributed by atoms with Crippen molar-refractivity contribution in [1.29, 1.82) is 0 Å². The van der Waals surface area contributed by atoms with Crippen molar-refractivity contribution in [2.75, 3.05) is 19.5 Å². The number of hydrogen-bond acceptors (Lipinski definition) is 3. The maximum Gasteiger partial charge on any atom is 0.119 e. The van der Waals surface area contributed by atoms with Crippen LogP contribution in [0.1, 0.15) is 19.4 Å². The number of nitrogens with zero attached hydrogens (tertiary/aromatic N) is 1. The van der Waals surface area contributed by atoms with Crippen molar-refractivity contribution in [2.45, 2.75) is 20.8 Å². The van der Waals surface area contributed by atoms with E-state index in [1.165, 1.54) is 5.56 Å². The number of ether oxygens (including phenoxy) is 1. The molecule has 0 aliphatic carbocycles. The predicted octanol–water partition coefficient (Wildman–Crippen LogP) is 4.77. The lowest BCUT2D eigenvalue weighted by Gasteiger charge is -2.11. The molecule has 0 saturated heterocycles. The summed E-state index contributed by atoms with van der Waals surface area (Å²) in [5, 5.41) is 5.50. The molecule has 0 amide bonds. The van der Waals surface area contributed by atoms with E-state index < -0.39 is 0 Å². The normalized spacial score (nSPS) is 10.1. The summed E-state index contributed by atoms with van der Waals surface area (Å²) in [5.74, 6) is 0.845. The number of benzene rings is 2. The minimum absolute atomic E-state index is 0.845. The van der Waals surface area contributed by atoms with Crippen molar-refractivity contribution in [2.24, 2.45) is 0 Å². The van der Waals surface area contributed by atoms with Crippen LogP contribution >= 0.6 is 0 Å². The van der Waals surface area contributed by atoms with Crippen LogP contribution < -0.4 is 10.1 Å². The number of methoxy groups -OCH3 is 1. The molecule has 0 saturated carbocycles. The lowest BCUT2D eigenvalue weighted by molar-refractivity contribution is 0.415. The highest BCUT2D eigenvalue weighted by Gasteiger charge is 2.09. The third kappa shape index (κ3) is 2.77. The number of aryl methyl sites for hydroxylation is 1. The highest BCUT2D eigenvalue weighted by molar-refractivity contribution is 6.07. The SMILES string of the molecule is CC.CNc1c2ccc(C)cc2nc2ccc(OC)cc12. The van der Waals surface area contributed by atoms with E-state index in [9.17, 15) is 0 Å². The topological polar surface area (TPSA) is 34.2 Å². The fraction of sp³-hybridized carbons (Fsp3) is 0.278. The first-order chi connectivity index (χ1) is 10.2. The molecular weight excluding hydrogens is 260 g/mol. The zero-order chi connectivity index (χ0) is 15.4. The van der Waals surface area contributed by atoms with Crippen LogP contribution in [0.4, 0.5) is 5.69 Å². The van der Waals surface area contributed by atoms with Crippen LogP contribution in [0.3, 0.4) is 0 Å². The monoisotopic (exact) mass is 282 g/mol. The van der Waals surface area contributed by atoms with Crippen molar-refractivity contribution in [1.82, 2.24) is 4.98 Å². The number of hydrogen-bond donors (Lipinski definition) is 1. The van der Waals surface area contributed by atoms with Crippen molar-refractivity contribution in [3.05, 3.63) is 42.0 Å². The average molecular weight is 282 g/mol. The molecule has 1 aromatic heterocycles. The number of pyridine rings is 1. The van der Waals surface area contributed by atoms with Crippen LogP contribution in [0, 0.1) is 6.92 Å². The molecule has 0 fully saturated rings. The third-order valence-electron chi connectivity index (χ3n) is 3.39. The van der Waals surface area contributed by atoms with Gasteiger partial charge >= 0.3 is 0 Å². The van der Waals surface area contributed by atoms with Gasteiger partial charge in [0.25, 0.3) is 0 Å². The molecule has 0 aliphatic rings. The van der Waals surface area contributed by atoms with Crippen LogP contribution in [-0.4, -0.2) is 19.1 Å². The summed E-state index contributed by atoms with van der Waals surface area (Å²) in [5.41, 5.74) is 4.30. The van der Waals surface area contributed by atoms with Crippen molar-refractivity contribution >= 4 is 27.5 Å². The molecule has 0 bridgehead atoms. The van der Waals surface area contributed by atoms with E-state index in [1.807, 2.05) is 39.1 Å². The van der Waals surface area contributed by atoms with E-state index in [-0.39, 0.29) is 0 Å². The summed E-state index contributed by atoms with van der Waals surface area (Å²) in [6.07, 6.45) is 0. The van der Waals surface area contributed by atoms with Gasteiger partial charge in [-0.05, 0) is 36.8 Å². The Morgan fingerprint density at radius 3 is 2.38 bits per heavy atom. The molecule has 0 aliphatic heterocycles. The van der Waals surface area contributed by atoms with E-state index >= 15 is 0 Å². The van der Waals surface area contributed by atoms with Gasteiger partial charge in [-0.2, -0.15) is 0 Å². The van der Waals surface area contributed by atoms with Gasteiger partial charge in [0.1, 0.15) is 5.75 Å². The van der Waals surface area contributed by atoms with Crippen LogP contribution in [0.25, 0.3) is 21.8 Å². The first-order valence-corrected chi connectivity index (χ1v) is 7.29. The van der Waals surface area contributed by atoms with E-state index in [0.29, 0.717) is 0 Å². The second kappa shape index (κ2) is 6.44. The molecule has 1 heterocycles. The number of rotatable bonds is 2. The maximum atomic E-state index is 5.30. The van der Waals surface area contributed by atoms with E-state index in [1.54, 1.807) is 7.11 Å². The zero-order valence-electron chi connectivity index (χ0n) is 13.3.